The van der Waals surface area contributed by atoms with Gasteiger partial charge in [0.05, 0.1) is 11.5 Å². The molecule has 1 saturated heterocycles. The van der Waals surface area contributed by atoms with Crippen molar-refractivity contribution >= 4 is 45.9 Å². The lowest BCUT2D eigenvalue weighted by atomic mass is 10.1. The van der Waals surface area contributed by atoms with Crippen molar-refractivity contribution in [3.63, 3.8) is 0 Å². The van der Waals surface area contributed by atoms with Crippen LogP contribution in [0.15, 0.2) is 48.0 Å². The van der Waals surface area contributed by atoms with Gasteiger partial charge in [-0.05, 0) is 37.8 Å². The summed E-state index contributed by atoms with van der Waals surface area (Å²) in [6, 6.07) is 6.87. The summed E-state index contributed by atoms with van der Waals surface area (Å²) in [6.07, 6.45) is 5.42. The fraction of sp³-hybridized carbons (Fsp3) is 0.250. The number of para-hydroxylation sites is 1. The van der Waals surface area contributed by atoms with Gasteiger partial charge in [-0.25, -0.2) is 4.79 Å². The highest BCUT2D eigenvalue weighted by Gasteiger charge is 2.41. The first-order valence-corrected chi connectivity index (χ1v) is 9.42. The van der Waals surface area contributed by atoms with Crippen LogP contribution >= 0.6 is 11.8 Å². The van der Waals surface area contributed by atoms with Gasteiger partial charge < -0.3 is 9.30 Å². The molecule has 2 amide bonds. The maximum atomic E-state index is 12.7. The molecule has 3 rings (SSSR count). The maximum Gasteiger partial charge on any atom is 0.329 e. The number of nitrogens with zero attached hydrogens (tertiary/aromatic N) is 2. The van der Waals surface area contributed by atoms with Gasteiger partial charge in [-0.2, -0.15) is 0 Å². The number of rotatable bonds is 6. The minimum absolute atomic E-state index is 0.193. The normalized spacial score (nSPS) is 17.0. The molecule has 6 nitrogen and oxygen atoms in total. The molecule has 1 aliphatic rings. The quantitative estimate of drug-likeness (QED) is 0.430. The largest absolute Gasteiger partial charge is 0.464 e. The second kappa shape index (κ2) is 7.84. The fourth-order valence-corrected chi connectivity index (χ4v) is 3.90. The first-order chi connectivity index (χ1) is 13.0. The number of benzene rings is 1. The topological polar surface area (TPSA) is 68.6 Å². The lowest BCUT2D eigenvalue weighted by molar-refractivity contribution is -0.150. The summed E-state index contributed by atoms with van der Waals surface area (Å²) >= 11 is 0.833. The number of imide groups is 1. The Morgan fingerprint density at radius 3 is 2.78 bits per heavy atom. The molecule has 0 aliphatic carbocycles. The highest BCUT2D eigenvalue weighted by molar-refractivity contribution is 8.18. The molecule has 1 aromatic heterocycles. The molecule has 0 bridgehead atoms. The van der Waals surface area contributed by atoms with Gasteiger partial charge in [-0.1, -0.05) is 24.3 Å². The van der Waals surface area contributed by atoms with Crippen molar-refractivity contribution in [2.75, 3.05) is 6.61 Å². The second-order valence-electron chi connectivity index (χ2n) is 6.02. The van der Waals surface area contributed by atoms with Crippen LogP contribution in [0.25, 0.3) is 17.0 Å². The van der Waals surface area contributed by atoms with Crippen LogP contribution in [0, 0.1) is 0 Å². The van der Waals surface area contributed by atoms with E-state index in [9.17, 15) is 14.4 Å². The number of hydrogen-bond acceptors (Lipinski definition) is 5. The molecule has 0 radical (unpaired) electrons. The van der Waals surface area contributed by atoms with Crippen molar-refractivity contribution in [1.29, 1.82) is 0 Å². The van der Waals surface area contributed by atoms with Gasteiger partial charge in [-0.3, -0.25) is 14.5 Å². The van der Waals surface area contributed by atoms with E-state index in [1.54, 1.807) is 19.1 Å². The Balaban J connectivity index is 1.96. The number of allylic oxidation sites excluding steroid dienone is 1. The number of esters is 1. The first kappa shape index (κ1) is 19.0. The zero-order valence-electron chi connectivity index (χ0n) is 15.2. The molecule has 0 spiro atoms. The molecular weight excluding hydrogens is 364 g/mol. The number of aromatic nitrogens is 1. The molecule has 2 aromatic rings. The SMILES string of the molecule is C=CCn1cc(/C=C2\SC(=O)N(C(C)C(=O)OCC)C2=O)c2ccccc21. The van der Waals surface area contributed by atoms with Gasteiger partial charge >= 0.3 is 5.97 Å². The van der Waals surface area contributed by atoms with E-state index in [-0.39, 0.29) is 11.5 Å². The Bertz CT molecular complexity index is 960. The summed E-state index contributed by atoms with van der Waals surface area (Å²) in [5.41, 5.74) is 1.85. The zero-order chi connectivity index (χ0) is 19.6. The monoisotopic (exact) mass is 384 g/mol. The smallest absolute Gasteiger partial charge is 0.329 e. The Morgan fingerprint density at radius 1 is 1.33 bits per heavy atom. The third-order valence-corrected chi connectivity index (χ3v) is 5.15. The van der Waals surface area contributed by atoms with Crippen LogP contribution in [-0.2, 0) is 20.9 Å². The van der Waals surface area contributed by atoms with Crippen LogP contribution in [0.5, 0.6) is 0 Å². The Labute approximate surface area is 161 Å². The molecule has 7 heteroatoms. The Hall–Kier alpha value is -2.80. The van der Waals surface area contributed by atoms with Crippen LogP contribution in [0.4, 0.5) is 4.79 Å². The van der Waals surface area contributed by atoms with Crippen LogP contribution in [0.2, 0.25) is 0 Å². The summed E-state index contributed by atoms with van der Waals surface area (Å²) in [5.74, 6) is -1.07. The van der Waals surface area contributed by atoms with E-state index in [0.29, 0.717) is 6.54 Å². The molecule has 0 N–H and O–H groups in total. The van der Waals surface area contributed by atoms with E-state index in [2.05, 4.69) is 6.58 Å². The van der Waals surface area contributed by atoms with Crippen molar-refractivity contribution in [3.05, 3.63) is 53.6 Å². The van der Waals surface area contributed by atoms with Crippen LogP contribution < -0.4 is 0 Å². The minimum atomic E-state index is -0.953. The lowest BCUT2D eigenvalue weighted by Gasteiger charge is -2.19. The van der Waals surface area contributed by atoms with Gasteiger partial charge in [-0.15, -0.1) is 6.58 Å². The van der Waals surface area contributed by atoms with Crippen LogP contribution in [0.3, 0.4) is 0 Å². The third-order valence-electron chi connectivity index (χ3n) is 4.27. The second-order valence-corrected chi connectivity index (χ2v) is 7.02. The van der Waals surface area contributed by atoms with Gasteiger partial charge in [0.1, 0.15) is 6.04 Å². The average molecular weight is 384 g/mol. The minimum Gasteiger partial charge on any atom is -0.464 e. The third kappa shape index (κ3) is 3.55. The van der Waals surface area contributed by atoms with Gasteiger partial charge in [0.15, 0.2) is 0 Å². The number of ether oxygens (including phenoxy) is 1. The molecule has 2 heterocycles. The zero-order valence-corrected chi connectivity index (χ0v) is 16.0. The average Bonchev–Trinajstić information content (AvgIpc) is 3.13. The van der Waals surface area contributed by atoms with E-state index < -0.39 is 23.2 Å². The van der Waals surface area contributed by atoms with Gasteiger partial charge in [0.2, 0.25) is 0 Å². The van der Waals surface area contributed by atoms with Gasteiger partial charge in [0.25, 0.3) is 11.1 Å². The maximum absolute atomic E-state index is 12.7. The number of hydrogen-bond donors (Lipinski definition) is 0. The number of carbonyl (C=O) groups excluding carboxylic acids is 3. The van der Waals surface area contributed by atoms with Crippen LogP contribution in [0.1, 0.15) is 19.4 Å². The van der Waals surface area contributed by atoms with Crippen molar-refractivity contribution in [2.45, 2.75) is 26.4 Å². The predicted molar refractivity (Wildman–Crippen MR) is 106 cm³/mol. The molecule has 1 aliphatic heterocycles. The molecule has 1 atom stereocenters. The number of carbonyl (C=O) groups is 3. The molecule has 0 saturated carbocycles. The summed E-state index contributed by atoms with van der Waals surface area (Å²) in [5, 5.41) is 0.506. The number of amides is 2. The van der Waals surface area contributed by atoms with Gasteiger partial charge in [0, 0.05) is 29.2 Å². The number of fused-ring (bicyclic) bond motifs is 1. The van der Waals surface area contributed by atoms with Crippen molar-refractivity contribution < 1.29 is 19.1 Å². The Kier molecular flexibility index (Phi) is 5.51. The summed E-state index contributed by atoms with van der Waals surface area (Å²) in [6.45, 7) is 7.77. The Morgan fingerprint density at radius 2 is 2.07 bits per heavy atom. The molecule has 1 aromatic carbocycles. The highest BCUT2D eigenvalue weighted by Crippen LogP contribution is 2.35. The molecule has 1 fully saturated rings. The molecule has 140 valence electrons. The standard InChI is InChI=1S/C20H20N2O4S/c1-4-10-21-12-14(15-8-6-7-9-16(15)21)11-17-18(23)22(20(25)27-17)13(3)19(24)26-5-2/h4,6-9,11-13H,1,5,10H2,2-3H3/b17-11-. The van der Waals surface area contributed by atoms with E-state index in [0.717, 1.165) is 33.1 Å². The number of thioether (sulfide) groups is 1. The van der Waals surface area contributed by atoms with Crippen molar-refractivity contribution in [1.82, 2.24) is 9.47 Å². The predicted octanol–water partition coefficient (Wildman–Crippen LogP) is 3.82. The molecule has 27 heavy (non-hydrogen) atoms. The highest BCUT2D eigenvalue weighted by atomic mass is 32.2. The lowest BCUT2D eigenvalue weighted by Crippen LogP contribution is -2.42. The van der Waals surface area contributed by atoms with Crippen molar-refractivity contribution in [2.24, 2.45) is 0 Å². The summed E-state index contributed by atoms with van der Waals surface area (Å²) in [7, 11) is 0. The summed E-state index contributed by atoms with van der Waals surface area (Å²) in [4.78, 5) is 38.2. The van der Waals surface area contributed by atoms with E-state index in [1.807, 2.05) is 35.0 Å². The van der Waals surface area contributed by atoms with E-state index in [4.69, 9.17) is 4.74 Å². The fourth-order valence-electron chi connectivity index (χ4n) is 3.00. The van der Waals surface area contributed by atoms with E-state index in [1.165, 1.54) is 6.92 Å². The molecular formula is C20H20N2O4S. The van der Waals surface area contributed by atoms with E-state index >= 15 is 0 Å². The first-order valence-electron chi connectivity index (χ1n) is 8.60. The summed E-state index contributed by atoms with van der Waals surface area (Å²) < 4.78 is 6.96. The molecule has 1 unspecified atom stereocenters. The van der Waals surface area contributed by atoms with Crippen LogP contribution in [-0.4, -0.2) is 39.2 Å². The van der Waals surface area contributed by atoms with Crippen molar-refractivity contribution in [3.8, 4) is 0 Å².